The number of nitrogens with zero attached hydrogens (tertiary/aromatic N) is 1. The number of aliphatic imine (C=N–C) groups is 1. The maximum atomic E-state index is 4.97. The van der Waals surface area contributed by atoms with Gasteiger partial charge in [0.1, 0.15) is 0 Å². The molecule has 1 aromatic carbocycles. The van der Waals surface area contributed by atoms with Crippen LogP contribution in [-0.4, -0.2) is 11.8 Å². The highest BCUT2D eigenvalue weighted by Gasteiger charge is 2.41. The average Bonchev–Trinajstić information content (AvgIpc) is 2.67. The third-order valence-corrected chi connectivity index (χ3v) is 4.27. The van der Waals surface area contributed by atoms with E-state index in [9.17, 15) is 0 Å². The van der Waals surface area contributed by atoms with Crippen LogP contribution in [0.25, 0.3) is 0 Å². The fraction of sp³-hybridized carbons (Fsp3) is 0.533. The molecule has 1 aromatic rings. The number of rotatable bonds is 1. The Hall–Kier alpha value is -1.11. The number of benzene rings is 1. The Morgan fingerprint density at radius 3 is 2.75 bits per heavy atom. The van der Waals surface area contributed by atoms with Gasteiger partial charge in [-0.1, -0.05) is 50.1 Å². The van der Waals surface area contributed by atoms with Crippen LogP contribution < -0.4 is 0 Å². The fourth-order valence-electron chi connectivity index (χ4n) is 3.23. The molecule has 1 fully saturated rings. The predicted octanol–water partition coefficient (Wildman–Crippen LogP) is 3.83. The molecular formula is C15H19N. The van der Waals surface area contributed by atoms with Crippen molar-refractivity contribution in [2.24, 2.45) is 10.4 Å². The second-order valence-electron chi connectivity index (χ2n) is 5.53. The molecule has 1 aliphatic carbocycles. The van der Waals surface area contributed by atoms with E-state index < -0.39 is 0 Å². The Bertz CT molecular complexity index is 407. The van der Waals surface area contributed by atoms with Crippen LogP contribution in [-0.2, 0) is 0 Å². The summed E-state index contributed by atoms with van der Waals surface area (Å²) < 4.78 is 0. The normalized spacial score (nSPS) is 33.3. The van der Waals surface area contributed by atoms with Gasteiger partial charge >= 0.3 is 0 Å². The molecular weight excluding hydrogens is 194 g/mol. The van der Waals surface area contributed by atoms with Crippen LogP contribution in [0.5, 0.6) is 0 Å². The van der Waals surface area contributed by atoms with Crippen molar-refractivity contribution in [3.05, 3.63) is 35.9 Å². The second-order valence-corrected chi connectivity index (χ2v) is 5.53. The molecule has 0 amide bonds. The molecule has 2 atom stereocenters. The molecule has 0 bridgehead atoms. The highest BCUT2D eigenvalue weighted by Crippen LogP contribution is 2.45. The van der Waals surface area contributed by atoms with E-state index in [0.29, 0.717) is 11.5 Å². The molecule has 1 heteroatoms. The lowest BCUT2D eigenvalue weighted by molar-refractivity contribution is 0.205. The molecule has 1 saturated carbocycles. The molecule has 3 rings (SSSR count). The molecule has 84 valence electrons. The van der Waals surface area contributed by atoms with Gasteiger partial charge in [0, 0.05) is 5.71 Å². The molecule has 16 heavy (non-hydrogen) atoms. The molecule has 0 spiro atoms. The summed E-state index contributed by atoms with van der Waals surface area (Å²) in [7, 11) is 0. The van der Waals surface area contributed by atoms with Crippen LogP contribution in [0.1, 0.15) is 44.6 Å². The van der Waals surface area contributed by atoms with Gasteiger partial charge in [0.15, 0.2) is 0 Å². The minimum absolute atomic E-state index is 0.462. The van der Waals surface area contributed by atoms with Gasteiger partial charge in [-0.2, -0.15) is 0 Å². The van der Waals surface area contributed by atoms with Crippen LogP contribution in [0.3, 0.4) is 0 Å². The number of hydrogen-bond acceptors (Lipinski definition) is 1. The first-order valence-corrected chi connectivity index (χ1v) is 6.40. The SMILES string of the molecule is C[C@@]12CCCCC1N=C(c1ccccc1)C2. The van der Waals surface area contributed by atoms with E-state index in [1.807, 2.05) is 0 Å². The van der Waals surface area contributed by atoms with Crippen molar-refractivity contribution < 1.29 is 0 Å². The standard InChI is InChI=1S/C15H19N/c1-15-10-6-5-9-14(15)16-13(11-15)12-7-3-2-4-8-12/h2-4,7-8,14H,5-6,9-11H2,1H3/t14?,15-/m0/s1. The van der Waals surface area contributed by atoms with Gasteiger partial charge in [-0.25, -0.2) is 0 Å². The first-order chi connectivity index (χ1) is 7.78. The van der Waals surface area contributed by atoms with Crippen molar-refractivity contribution in [3.63, 3.8) is 0 Å². The van der Waals surface area contributed by atoms with Gasteiger partial charge in [0.2, 0.25) is 0 Å². The van der Waals surface area contributed by atoms with Crippen LogP contribution in [0, 0.1) is 5.41 Å². The Kier molecular flexibility index (Phi) is 2.34. The lowest BCUT2D eigenvalue weighted by Crippen LogP contribution is -2.30. The third kappa shape index (κ3) is 1.59. The minimum Gasteiger partial charge on any atom is -0.285 e. The van der Waals surface area contributed by atoms with Crippen molar-refractivity contribution >= 4 is 5.71 Å². The summed E-state index contributed by atoms with van der Waals surface area (Å²) in [6.07, 6.45) is 6.60. The molecule has 1 aliphatic heterocycles. The average molecular weight is 213 g/mol. The van der Waals surface area contributed by atoms with E-state index >= 15 is 0 Å². The maximum Gasteiger partial charge on any atom is 0.0560 e. The highest BCUT2D eigenvalue weighted by molar-refractivity contribution is 6.02. The van der Waals surface area contributed by atoms with Gasteiger partial charge in [0.25, 0.3) is 0 Å². The Morgan fingerprint density at radius 2 is 2.00 bits per heavy atom. The van der Waals surface area contributed by atoms with Crippen LogP contribution in [0.15, 0.2) is 35.3 Å². The minimum atomic E-state index is 0.462. The van der Waals surface area contributed by atoms with E-state index in [-0.39, 0.29) is 0 Å². The van der Waals surface area contributed by atoms with Crippen LogP contribution in [0.4, 0.5) is 0 Å². The molecule has 0 aromatic heterocycles. The van der Waals surface area contributed by atoms with E-state index in [1.54, 1.807) is 0 Å². The molecule has 2 aliphatic rings. The summed E-state index contributed by atoms with van der Waals surface area (Å²) >= 11 is 0. The fourth-order valence-corrected chi connectivity index (χ4v) is 3.23. The van der Waals surface area contributed by atoms with Crippen LogP contribution in [0.2, 0.25) is 0 Å². The highest BCUT2D eigenvalue weighted by atomic mass is 14.9. The van der Waals surface area contributed by atoms with Crippen molar-refractivity contribution in [3.8, 4) is 0 Å². The monoisotopic (exact) mass is 213 g/mol. The molecule has 1 nitrogen and oxygen atoms in total. The second kappa shape index (κ2) is 3.73. The van der Waals surface area contributed by atoms with Gasteiger partial charge < -0.3 is 0 Å². The zero-order valence-electron chi connectivity index (χ0n) is 9.95. The molecule has 0 radical (unpaired) electrons. The van der Waals surface area contributed by atoms with Gasteiger partial charge in [0.05, 0.1) is 6.04 Å². The van der Waals surface area contributed by atoms with Crippen molar-refractivity contribution in [2.75, 3.05) is 0 Å². The smallest absolute Gasteiger partial charge is 0.0560 e. The summed E-state index contributed by atoms with van der Waals surface area (Å²) in [5, 5.41) is 0. The predicted molar refractivity (Wildman–Crippen MR) is 68.0 cm³/mol. The lowest BCUT2D eigenvalue weighted by atomic mass is 9.71. The zero-order valence-corrected chi connectivity index (χ0v) is 9.95. The Morgan fingerprint density at radius 1 is 1.19 bits per heavy atom. The summed E-state index contributed by atoms with van der Waals surface area (Å²) in [6, 6.07) is 11.3. The van der Waals surface area contributed by atoms with Crippen molar-refractivity contribution in [1.82, 2.24) is 0 Å². The summed E-state index contributed by atoms with van der Waals surface area (Å²) in [5.41, 5.74) is 3.14. The number of hydrogen-bond donors (Lipinski definition) is 0. The van der Waals surface area contributed by atoms with E-state index in [2.05, 4.69) is 37.3 Å². The Balaban J connectivity index is 1.90. The first-order valence-electron chi connectivity index (χ1n) is 6.40. The third-order valence-electron chi connectivity index (χ3n) is 4.27. The molecule has 0 saturated heterocycles. The maximum absolute atomic E-state index is 4.97. The summed E-state index contributed by atoms with van der Waals surface area (Å²) in [6.45, 7) is 2.43. The van der Waals surface area contributed by atoms with Gasteiger partial charge in [-0.3, -0.25) is 4.99 Å². The number of fused-ring (bicyclic) bond motifs is 1. The quantitative estimate of drug-likeness (QED) is 0.672. The largest absolute Gasteiger partial charge is 0.285 e. The molecule has 1 unspecified atom stereocenters. The lowest BCUT2D eigenvalue weighted by Gasteiger charge is -2.34. The van der Waals surface area contributed by atoms with Crippen LogP contribution >= 0.6 is 0 Å². The van der Waals surface area contributed by atoms with Gasteiger partial charge in [-0.05, 0) is 30.2 Å². The van der Waals surface area contributed by atoms with E-state index in [1.165, 1.54) is 43.4 Å². The Labute approximate surface area is 97.6 Å². The van der Waals surface area contributed by atoms with Gasteiger partial charge in [-0.15, -0.1) is 0 Å². The molecule has 1 heterocycles. The first kappa shape index (κ1) is 10.1. The topological polar surface area (TPSA) is 12.4 Å². The van der Waals surface area contributed by atoms with E-state index in [0.717, 1.165) is 0 Å². The summed E-state index contributed by atoms with van der Waals surface area (Å²) in [5.74, 6) is 0. The molecule has 0 N–H and O–H groups in total. The summed E-state index contributed by atoms with van der Waals surface area (Å²) in [4.78, 5) is 4.97. The van der Waals surface area contributed by atoms with E-state index in [4.69, 9.17) is 4.99 Å². The van der Waals surface area contributed by atoms with Crippen molar-refractivity contribution in [2.45, 2.75) is 45.1 Å². The van der Waals surface area contributed by atoms with Crippen molar-refractivity contribution in [1.29, 1.82) is 0 Å². The zero-order chi connectivity index (χ0) is 11.0.